The van der Waals surface area contributed by atoms with Crippen molar-refractivity contribution in [1.82, 2.24) is 0 Å². The van der Waals surface area contributed by atoms with Crippen molar-refractivity contribution in [3.05, 3.63) is 0 Å². The van der Waals surface area contributed by atoms with Gasteiger partial charge in [-0.25, -0.2) is 0 Å². The van der Waals surface area contributed by atoms with Crippen LogP contribution in [0, 0.1) is 29.6 Å². The van der Waals surface area contributed by atoms with Crippen LogP contribution >= 0.6 is 0 Å². The van der Waals surface area contributed by atoms with Crippen LogP contribution in [0.5, 0.6) is 0 Å². The first-order valence-electron chi connectivity index (χ1n) is 4.63. The van der Waals surface area contributed by atoms with Crippen molar-refractivity contribution in [1.29, 1.82) is 0 Å². The Morgan fingerprint density at radius 3 is 2.62 bits per heavy atom. The number of terminal acetylenes is 1. The van der Waals surface area contributed by atoms with Crippen molar-refractivity contribution in [2.45, 2.75) is 19.8 Å². The molecule has 1 atom stereocenters. The lowest BCUT2D eigenvalue weighted by atomic mass is 9.82. The lowest BCUT2D eigenvalue weighted by Crippen LogP contribution is -2.36. The maximum atomic E-state index is 11.7. The van der Waals surface area contributed by atoms with Crippen LogP contribution in [-0.2, 0) is 19.1 Å². The highest BCUT2D eigenvalue weighted by Crippen LogP contribution is 2.28. The van der Waals surface area contributed by atoms with Gasteiger partial charge in [-0.1, -0.05) is 0 Å². The van der Waals surface area contributed by atoms with Gasteiger partial charge in [0, 0.05) is 12.8 Å². The van der Waals surface area contributed by atoms with Crippen molar-refractivity contribution in [2.75, 3.05) is 13.7 Å². The Hall–Kier alpha value is -1.94. The fourth-order valence-electron chi connectivity index (χ4n) is 1.23. The van der Waals surface area contributed by atoms with Crippen molar-refractivity contribution in [3.63, 3.8) is 0 Å². The molecule has 0 bridgehead atoms. The number of ether oxygens (including phenoxy) is 2. The topological polar surface area (TPSA) is 52.6 Å². The van der Waals surface area contributed by atoms with E-state index >= 15 is 0 Å². The second-order valence-electron chi connectivity index (χ2n) is 3.16. The summed E-state index contributed by atoms with van der Waals surface area (Å²) in [7, 11) is 1.26. The van der Waals surface area contributed by atoms with Gasteiger partial charge in [-0.15, -0.1) is 24.2 Å². The molecule has 0 aliphatic rings. The summed E-state index contributed by atoms with van der Waals surface area (Å²) in [5.41, 5.74) is -1.06. The number of rotatable bonds is 6. The summed E-state index contributed by atoms with van der Waals surface area (Å²) in [6, 6.07) is 0. The maximum Gasteiger partial charge on any atom is 0.317 e. The van der Waals surface area contributed by atoms with Crippen LogP contribution in [0.1, 0.15) is 19.8 Å². The maximum absolute atomic E-state index is 11.7. The number of methoxy groups -OCH3 is 1. The van der Waals surface area contributed by atoms with Crippen LogP contribution in [0.25, 0.3) is 0 Å². The van der Waals surface area contributed by atoms with Gasteiger partial charge in [0.05, 0.1) is 7.11 Å². The summed E-state index contributed by atoms with van der Waals surface area (Å²) in [4.78, 5) is 21.8. The molecule has 4 heteroatoms. The highest BCUT2D eigenvalue weighted by atomic mass is 16.5. The molecule has 0 N–H and O–H groups in total. The SMILES string of the molecule is C#CCC(CC#CC)(COC=O)C(=O)OC. The standard InChI is InChI=1S/C12H14O4/c1-4-6-8-12(7-5-2,9-16-10-13)11(14)15-3/h2,10H,7-9H2,1,3H3. The van der Waals surface area contributed by atoms with E-state index < -0.39 is 11.4 Å². The largest absolute Gasteiger partial charge is 0.468 e. The first kappa shape index (κ1) is 14.1. The third kappa shape index (κ3) is 3.67. The van der Waals surface area contributed by atoms with Crippen molar-refractivity contribution >= 4 is 12.4 Å². The molecule has 0 aliphatic carbocycles. The molecule has 0 aromatic carbocycles. The first-order chi connectivity index (χ1) is 7.66. The van der Waals surface area contributed by atoms with Crippen LogP contribution < -0.4 is 0 Å². The zero-order valence-corrected chi connectivity index (χ0v) is 9.41. The molecule has 1 unspecified atom stereocenters. The van der Waals surface area contributed by atoms with E-state index in [1.54, 1.807) is 6.92 Å². The van der Waals surface area contributed by atoms with Gasteiger partial charge in [0.25, 0.3) is 6.47 Å². The second-order valence-corrected chi connectivity index (χ2v) is 3.16. The van der Waals surface area contributed by atoms with E-state index in [2.05, 4.69) is 27.2 Å². The number of hydrogen-bond donors (Lipinski definition) is 0. The first-order valence-corrected chi connectivity index (χ1v) is 4.63. The third-order valence-corrected chi connectivity index (χ3v) is 2.09. The van der Waals surface area contributed by atoms with Crippen LogP contribution in [0.15, 0.2) is 0 Å². The van der Waals surface area contributed by atoms with Crippen molar-refractivity contribution in [3.8, 4) is 24.2 Å². The molecule has 4 nitrogen and oxygen atoms in total. The molecule has 0 heterocycles. The van der Waals surface area contributed by atoms with Gasteiger partial charge in [0.2, 0.25) is 0 Å². The summed E-state index contributed by atoms with van der Waals surface area (Å²) in [6.07, 6.45) is 5.52. The molecule has 0 aliphatic heterocycles. The van der Waals surface area contributed by atoms with Gasteiger partial charge in [-0.3, -0.25) is 9.59 Å². The average Bonchev–Trinajstić information content (AvgIpc) is 2.32. The summed E-state index contributed by atoms with van der Waals surface area (Å²) in [6.45, 7) is 1.80. The van der Waals surface area contributed by atoms with E-state index in [0.717, 1.165) is 0 Å². The molecule has 86 valence electrons. The Kier molecular flexibility index (Phi) is 6.47. The molecule has 0 saturated heterocycles. The summed E-state index contributed by atoms with van der Waals surface area (Å²) >= 11 is 0. The summed E-state index contributed by atoms with van der Waals surface area (Å²) in [5, 5.41) is 0. The Morgan fingerprint density at radius 1 is 1.50 bits per heavy atom. The molecular formula is C12H14O4. The van der Waals surface area contributed by atoms with Crippen LogP contribution in [0.4, 0.5) is 0 Å². The minimum Gasteiger partial charge on any atom is -0.468 e. The van der Waals surface area contributed by atoms with Crippen LogP contribution in [-0.4, -0.2) is 26.2 Å². The van der Waals surface area contributed by atoms with Gasteiger partial charge in [0.15, 0.2) is 0 Å². The Balaban J connectivity index is 5.00. The van der Waals surface area contributed by atoms with Gasteiger partial charge < -0.3 is 9.47 Å². The molecule has 0 saturated carbocycles. The fraction of sp³-hybridized carbons (Fsp3) is 0.500. The highest BCUT2D eigenvalue weighted by molar-refractivity contribution is 5.78. The Morgan fingerprint density at radius 2 is 2.19 bits per heavy atom. The van der Waals surface area contributed by atoms with Crippen molar-refractivity contribution in [2.24, 2.45) is 5.41 Å². The zero-order valence-electron chi connectivity index (χ0n) is 9.41. The van der Waals surface area contributed by atoms with E-state index in [1.807, 2.05) is 0 Å². The molecule has 0 fully saturated rings. The van der Waals surface area contributed by atoms with Crippen LogP contribution in [0.3, 0.4) is 0 Å². The zero-order chi connectivity index (χ0) is 12.4. The molecule has 0 amide bonds. The summed E-state index contributed by atoms with van der Waals surface area (Å²) in [5.74, 6) is 7.28. The lowest BCUT2D eigenvalue weighted by Gasteiger charge is -2.25. The van der Waals surface area contributed by atoms with E-state index in [4.69, 9.17) is 6.42 Å². The van der Waals surface area contributed by atoms with E-state index in [1.165, 1.54) is 7.11 Å². The molecular weight excluding hydrogens is 208 g/mol. The number of carbonyl (C=O) groups is 2. The van der Waals surface area contributed by atoms with E-state index in [9.17, 15) is 9.59 Å². The monoisotopic (exact) mass is 222 g/mol. The minimum absolute atomic E-state index is 0.113. The highest BCUT2D eigenvalue weighted by Gasteiger charge is 2.39. The smallest absolute Gasteiger partial charge is 0.317 e. The number of carbonyl (C=O) groups excluding carboxylic acids is 2. The second kappa shape index (κ2) is 7.36. The quantitative estimate of drug-likeness (QED) is 0.378. The summed E-state index contributed by atoms with van der Waals surface area (Å²) < 4.78 is 9.29. The lowest BCUT2D eigenvalue weighted by molar-refractivity contribution is -0.157. The molecule has 0 aromatic rings. The van der Waals surface area contributed by atoms with E-state index in [-0.39, 0.29) is 25.9 Å². The van der Waals surface area contributed by atoms with E-state index in [0.29, 0.717) is 0 Å². The predicted molar refractivity (Wildman–Crippen MR) is 58.0 cm³/mol. The normalized spacial score (nSPS) is 12.3. The number of hydrogen-bond acceptors (Lipinski definition) is 4. The molecule has 0 radical (unpaired) electrons. The minimum atomic E-state index is -1.06. The van der Waals surface area contributed by atoms with Gasteiger partial charge in [-0.05, 0) is 6.92 Å². The third-order valence-electron chi connectivity index (χ3n) is 2.09. The van der Waals surface area contributed by atoms with Gasteiger partial charge in [-0.2, -0.15) is 0 Å². The van der Waals surface area contributed by atoms with Crippen LogP contribution in [0.2, 0.25) is 0 Å². The van der Waals surface area contributed by atoms with Gasteiger partial charge >= 0.3 is 5.97 Å². The molecule has 16 heavy (non-hydrogen) atoms. The van der Waals surface area contributed by atoms with Crippen molar-refractivity contribution < 1.29 is 19.1 Å². The predicted octanol–water partition coefficient (Wildman–Crippen LogP) is 0.755. The molecule has 0 spiro atoms. The fourth-order valence-corrected chi connectivity index (χ4v) is 1.23. The molecule has 0 aromatic heterocycles. The number of esters is 1. The Bertz CT molecular complexity index is 342. The Labute approximate surface area is 95.3 Å². The van der Waals surface area contributed by atoms with Gasteiger partial charge in [0.1, 0.15) is 12.0 Å². The molecule has 0 rings (SSSR count). The average molecular weight is 222 g/mol.